The van der Waals surface area contributed by atoms with Crippen LogP contribution in [-0.2, 0) is 6.61 Å². The molecule has 0 atom stereocenters. The highest BCUT2D eigenvalue weighted by molar-refractivity contribution is 5.54. The minimum absolute atomic E-state index is 0.130. The summed E-state index contributed by atoms with van der Waals surface area (Å²) in [5.41, 5.74) is 0.872. The Morgan fingerprint density at radius 2 is 1.86 bits per heavy atom. The van der Waals surface area contributed by atoms with Crippen LogP contribution in [0, 0.1) is 24.4 Å². The van der Waals surface area contributed by atoms with E-state index in [4.69, 9.17) is 4.74 Å². The summed E-state index contributed by atoms with van der Waals surface area (Å²) < 4.78 is 47.4. The predicted molar refractivity (Wildman–Crippen MR) is 70.6 cm³/mol. The van der Waals surface area contributed by atoms with Gasteiger partial charge in [0.15, 0.2) is 11.4 Å². The number of imidazole rings is 1. The molecule has 0 radical (unpaired) electrons. The highest BCUT2D eigenvalue weighted by Crippen LogP contribution is 2.23. The molecule has 0 bridgehead atoms. The zero-order valence-corrected chi connectivity index (χ0v) is 11.1. The maximum Gasteiger partial charge on any atom is 0.180 e. The molecule has 0 aliphatic heterocycles. The van der Waals surface area contributed by atoms with E-state index in [1.54, 1.807) is 13.1 Å². The first kappa shape index (κ1) is 13.5. The molecule has 3 aromatic rings. The molecule has 2 aromatic heterocycles. The average Bonchev–Trinajstić information content (AvgIpc) is 2.78. The maximum atomic E-state index is 13.5. The van der Waals surface area contributed by atoms with Gasteiger partial charge in [0.1, 0.15) is 24.1 Å². The summed E-state index contributed by atoms with van der Waals surface area (Å²) in [7, 11) is 0. The van der Waals surface area contributed by atoms with Crippen LogP contribution in [0.15, 0.2) is 36.7 Å². The largest absolute Gasteiger partial charge is 0.485 e. The second-order valence-corrected chi connectivity index (χ2v) is 4.62. The lowest BCUT2D eigenvalue weighted by molar-refractivity contribution is 0.292. The van der Waals surface area contributed by atoms with E-state index in [1.807, 2.05) is 0 Å². The summed E-state index contributed by atoms with van der Waals surface area (Å²) in [6, 6.07) is 4.69. The zero-order chi connectivity index (χ0) is 15.0. The molecule has 1 aromatic carbocycles. The average molecular weight is 292 g/mol. The normalized spacial score (nSPS) is 11.0. The lowest BCUT2D eigenvalue weighted by atomic mass is 10.2. The molecule has 0 amide bonds. The molecule has 2 heterocycles. The van der Waals surface area contributed by atoms with Crippen molar-refractivity contribution in [3.05, 3.63) is 65.4 Å². The number of aromatic nitrogens is 2. The Bertz CT molecular complexity index is 794. The summed E-state index contributed by atoms with van der Waals surface area (Å²) in [5.74, 6) is -1.81. The van der Waals surface area contributed by atoms with Crippen LogP contribution in [0.1, 0.15) is 11.3 Å². The first-order chi connectivity index (χ1) is 10.0. The summed E-state index contributed by atoms with van der Waals surface area (Å²) in [4.78, 5) is 4.20. The molecule has 0 fully saturated rings. The van der Waals surface area contributed by atoms with Gasteiger partial charge in [-0.15, -0.1) is 0 Å². The van der Waals surface area contributed by atoms with Crippen LogP contribution in [-0.4, -0.2) is 9.38 Å². The molecule has 0 aliphatic carbocycles. The van der Waals surface area contributed by atoms with E-state index in [9.17, 15) is 13.2 Å². The van der Waals surface area contributed by atoms with Crippen molar-refractivity contribution in [3.8, 4) is 5.75 Å². The van der Waals surface area contributed by atoms with Gasteiger partial charge in [-0.2, -0.15) is 0 Å². The Morgan fingerprint density at radius 1 is 1.14 bits per heavy atom. The fourth-order valence-corrected chi connectivity index (χ4v) is 2.08. The molecule has 108 valence electrons. The van der Waals surface area contributed by atoms with Crippen molar-refractivity contribution in [3.63, 3.8) is 0 Å². The smallest absolute Gasteiger partial charge is 0.180 e. The fourth-order valence-electron chi connectivity index (χ4n) is 2.08. The van der Waals surface area contributed by atoms with E-state index in [2.05, 4.69) is 4.98 Å². The third-order valence-corrected chi connectivity index (χ3v) is 3.04. The first-order valence-corrected chi connectivity index (χ1v) is 6.25. The highest BCUT2D eigenvalue weighted by atomic mass is 19.1. The molecule has 0 saturated carbocycles. The lowest BCUT2D eigenvalue weighted by Gasteiger charge is -2.09. The summed E-state index contributed by atoms with van der Waals surface area (Å²) in [6.07, 6.45) is 2.89. The lowest BCUT2D eigenvalue weighted by Crippen LogP contribution is -2.03. The second-order valence-electron chi connectivity index (χ2n) is 4.62. The number of hydrogen-bond acceptors (Lipinski definition) is 2. The number of aryl methyl sites for hydroxylation is 1. The van der Waals surface area contributed by atoms with Crippen molar-refractivity contribution in [2.75, 3.05) is 0 Å². The molecule has 0 aliphatic rings. The molecular formula is C15H11F3N2O. The number of benzene rings is 1. The Labute approximate surface area is 118 Å². The number of hydrogen-bond donors (Lipinski definition) is 0. The standard InChI is InChI=1S/C15H11F3N2O/c1-9-6-20-7-10(16)5-14(15(20)19-9)21-8-11-12(17)3-2-4-13(11)18/h2-7H,8H2,1H3. The minimum atomic E-state index is -0.707. The van der Waals surface area contributed by atoms with Crippen LogP contribution in [0.4, 0.5) is 13.2 Å². The topological polar surface area (TPSA) is 26.5 Å². The van der Waals surface area contributed by atoms with E-state index in [0.29, 0.717) is 11.3 Å². The number of nitrogens with zero attached hydrogens (tertiary/aromatic N) is 2. The quantitative estimate of drug-likeness (QED) is 0.737. The Balaban J connectivity index is 1.95. The number of halogens is 3. The van der Waals surface area contributed by atoms with Gasteiger partial charge in [0.25, 0.3) is 0 Å². The Morgan fingerprint density at radius 3 is 2.57 bits per heavy atom. The molecule has 6 heteroatoms. The fraction of sp³-hybridized carbons (Fsp3) is 0.133. The van der Waals surface area contributed by atoms with Crippen molar-refractivity contribution < 1.29 is 17.9 Å². The van der Waals surface area contributed by atoms with E-state index < -0.39 is 17.5 Å². The van der Waals surface area contributed by atoms with Gasteiger partial charge < -0.3 is 9.14 Å². The third-order valence-electron chi connectivity index (χ3n) is 3.04. The minimum Gasteiger partial charge on any atom is -0.485 e. The Kier molecular flexibility index (Phi) is 3.29. The van der Waals surface area contributed by atoms with Crippen LogP contribution in [0.5, 0.6) is 5.75 Å². The number of pyridine rings is 1. The van der Waals surface area contributed by atoms with Crippen molar-refractivity contribution >= 4 is 5.65 Å². The van der Waals surface area contributed by atoms with Crippen LogP contribution >= 0.6 is 0 Å². The SMILES string of the molecule is Cc1cn2cc(F)cc(OCc3c(F)cccc3F)c2n1. The molecule has 3 rings (SSSR count). The predicted octanol–water partition coefficient (Wildman–Crippen LogP) is 3.64. The first-order valence-electron chi connectivity index (χ1n) is 6.25. The number of ether oxygens (including phenoxy) is 1. The maximum absolute atomic E-state index is 13.5. The van der Waals surface area contributed by atoms with Crippen molar-refractivity contribution in [2.24, 2.45) is 0 Å². The van der Waals surface area contributed by atoms with Crippen LogP contribution < -0.4 is 4.74 Å². The van der Waals surface area contributed by atoms with Gasteiger partial charge in [0, 0.05) is 18.5 Å². The van der Waals surface area contributed by atoms with Gasteiger partial charge >= 0.3 is 0 Å². The van der Waals surface area contributed by atoms with Gasteiger partial charge in [-0.3, -0.25) is 0 Å². The van der Waals surface area contributed by atoms with E-state index >= 15 is 0 Å². The van der Waals surface area contributed by atoms with Crippen LogP contribution in [0.2, 0.25) is 0 Å². The molecule has 21 heavy (non-hydrogen) atoms. The molecule has 3 nitrogen and oxygen atoms in total. The number of rotatable bonds is 3. The molecule has 0 saturated heterocycles. The summed E-state index contributed by atoms with van der Waals surface area (Å²) in [5, 5.41) is 0. The van der Waals surface area contributed by atoms with E-state index in [1.165, 1.54) is 16.7 Å². The van der Waals surface area contributed by atoms with Crippen LogP contribution in [0.3, 0.4) is 0 Å². The van der Waals surface area contributed by atoms with E-state index in [-0.39, 0.29) is 17.9 Å². The monoisotopic (exact) mass is 292 g/mol. The van der Waals surface area contributed by atoms with Gasteiger partial charge in [0.2, 0.25) is 0 Å². The molecule has 0 unspecified atom stereocenters. The molecular weight excluding hydrogens is 281 g/mol. The van der Waals surface area contributed by atoms with Crippen molar-refractivity contribution in [2.45, 2.75) is 13.5 Å². The van der Waals surface area contributed by atoms with Gasteiger partial charge in [-0.1, -0.05) is 6.07 Å². The third kappa shape index (κ3) is 2.56. The highest BCUT2D eigenvalue weighted by Gasteiger charge is 2.12. The van der Waals surface area contributed by atoms with Crippen molar-refractivity contribution in [1.82, 2.24) is 9.38 Å². The van der Waals surface area contributed by atoms with Crippen LogP contribution in [0.25, 0.3) is 5.65 Å². The summed E-state index contributed by atoms with van der Waals surface area (Å²) in [6.45, 7) is 1.41. The molecule has 0 N–H and O–H groups in total. The van der Waals surface area contributed by atoms with Gasteiger partial charge in [-0.25, -0.2) is 18.2 Å². The summed E-state index contributed by atoms with van der Waals surface area (Å²) >= 11 is 0. The van der Waals surface area contributed by atoms with Crippen molar-refractivity contribution in [1.29, 1.82) is 0 Å². The van der Waals surface area contributed by atoms with Gasteiger partial charge in [-0.05, 0) is 19.1 Å². The number of fused-ring (bicyclic) bond motifs is 1. The van der Waals surface area contributed by atoms with E-state index in [0.717, 1.165) is 18.2 Å². The molecule has 0 spiro atoms. The zero-order valence-electron chi connectivity index (χ0n) is 11.1. The second kappa shape index (κ2) is 5.12. The Hall–Kier alpha value is -2.50. The van der Waals surface area contributed by atoms with Gasteiger partial charge in [0.05, 0.1) is 11.3 Å².